The molecule has 0 unspecified atom stereocenters. The quantitative estimate of drug-likeness (QED) is 0.424. The summed E-state index contributed by atoms with van der Waals surface area (Å²) >= 11 is 0. The average molecular weight is 363 g/mol. The zero-order chi connectivity index (χ0) is 18.8. The second-order valence-electron chi connectivity index (χ2n) is 7.32. The van der Waals surface area contributed by atoms with Gasteiger partial charge < -0.3 is 15.5 Å². The van der Waals surface area contributed by atoms with Gasteiger partial charge in [0, 0.05) is 32.4 Å². The maximum Gasteiger partial charge on any atom is 0.191 e. The van der Waals surface area contributed by atoms with Crippen LogP contribution in [0.3, 0.4) is 0 Å². The summed E-state index contributed by atoms with van der Waals surface area (Å²) in [7, 11) is 2.01. The molecule has 0 aromatic carbocycles. The summed E-state index contributed by atoms with van der Waals surface area (Å²) in [5.74, 6) is 0.933. The van der Waals surface area contributed by atoms with Crippen LogP contribution in [0.15, 0.2) is 4.99 Å². The average Bonchev–Trinajstić information content (AvgIpc) is 2.81. The van der Waals surface area contributed by atoms with Crippen molar-refractivity contribution in [3.8, 4) is 0 Å². The number of nitrogens with one attached hydrogen (secondary N) is 2. The minimum Gasteiger partial charge on any atom is -0.357 e. The Morgan fingerprint density at radius 1 is 1.12 bits per heavy atom. The number of aliphatic imine (C=N–C) groups is 1. The fourth-order valence-corrected chi connectivity index (χ4v) is 3.67. The lowest BCUT2D eigenvalue weighted by atomic mass is 10.1. The SMILES string of the molecule is CCNC(=NCCCN1CCCCCC1)NCCc1c(C)nn(C)c1C. The molecule has 0 spiro atoms. The molecule has 1 fully saturated rings. The van der Waals surface area contributed by atoms with Gasteiger partial charge in [0.15, 0.2) is 5.96 Å². The molecule has 1 aromatic heterocycles. The van der Waals surface area contributed by atoms with Crippen molar-refractivity contribution in [3.63, 3.8) is 0 Å². The number of rotatable bonds is 8. The predicted molar refractivity (Wildman–Crippen MR) is 110 cm³/mol. The van der Waals surface area contributed by atoms with Gasteiger partial charge in [0.1, 0.15) is 0 Å². The normalized spacial score (nSPS) is 16.5. The molecule has 0 aliphatic carbocycles. The first-order valence-electron chi connectivity index (χ1n) is 10.4. The summed E-state index contributed by atoms with van der Waals surface area (Å²) in [6, 6.07) is 0. The molecule has 26 heavy (non-hydrogen) atoms. The molecule has 2 rings (SSSR count). The van der Waals surface area contributed by atoms with Crippen molar-refractivity contribution in [3.05, 3.63) is 17.0 Å². The van der Waals surface area contributed by atoms with E-state index in [1.54, 1.807) is 0 Å². The van der Waals surface area contributed by atoms with Gasteiger partial charge in [-0.25, -0.2) is 0 Å². The van der Waals surface area contributed by atoms with Crippen molar-refractivity contribution in [2.45, 2.75) is 59.3 Å². The van der Waals surface area contributed by atoms with E-state index in [2.05, 4.69) is 41.4 Å². The summed E-state index contributed by atoms with van der Waals surface area (Å²) < 4.78 is 1.97. The van der Waals surface area contributed by atoms with Crippen molar-refractivity contribution in [2.24, 2.45) is 12.0 Å². The smallest absolute Gasteiger partial charge is 0.191 e. The van der Waals surface area contributed by atoms with Crippen LogP contribution in [-0.4, -0.2) is 59.9 Å². The molecule has 0 bridgehead atoms. The first-order chi connectivity index (χ1) is 12.6. The zero-order valence-electron chi connectivity index (χ0n) is 17.3. The predicted octanol–water partition coefficient (Wildman–Crippen LogP) is 2.40. The highest BCUT2D eigenvalue weighted by atomic mass is 15.3. The van der Waals surface area contributed by atoms with Gasteiger partial charge >= 0.3 is 0 Å². The van der Waals surface area contributed by atoms with Crippen LogP contribution in [0.5, 0.6) is 0 Å². The maximum absolute atomic E-state index is 4.75. The molecule has 6 nitrogen and oxygen atoms in total. The highest BCUT2D eigenvalue weighted by Gasteiger charge is 2.10. The van der Waals surface area contributed by atoms with E-state index < -0.39 is 0 Å². The van der Waals surface area contributed by atoms with E-state index in [9.17, 15) is 0 Å². The Kier molecular flexibility index (Phi) is 8.95. The van der Waals surface area contributed by atoms with Gasteiger partial charge in [-0.15, -0.1) is 0 Å². The van der Waals surface area contributed by atoms with Crippen molar-refractivity contribution in [1.82, 2.24) is 25.3 Å². The Hall–Kier alpha value is -1.56. The number of likely N-dealkylation sites (tertiary alicyclic amines) is 1. The third-order valence-corrected chi connectivity index (χ3v) is 5.27. The highest BCUT2D eigenvalue weighted by Crippen LogP contribution is 2.12. The maximum atomic E-state index is 4.75. The van der Waals surface area contributed by atoms with Gasteiger partial charge in [0.25, 0.3) is 0 Å². The summed E-state index contributed by atoms with van der Waals surface area (Å²) in [6.07, 6.45) is 7.64. The van der Waals surface area contributed by atoms with E-state index in [4.69, 9.17) is 4.99 Å². The summed E-state index contributed by atoms with van der Waals surface area (Å²) in [6.45, 7) is 12.7. The highest BCUT2D eigenvalue weighted by molar-refractivity contribution is 5.79. The van der Waals surface area contributed by atoms with E-state index in [1.165, 1.54) is 56.6 Å². The molecule has 6 heteroatoms. The second-order valence-corrected chi connectivity index (χ2v) is 7.32. The molecule has 2 N–H and O–H groups in total. The monoisotopic (exact) mass is 362 g/mol. The molecule has 0 radical (unpaired) electrons. The minimum atomic E-state index is 0.880. The summed E-state index contributed by atoms with van der Waals surface area (Å²) in [5, 5.41) is 11.3. The van der Waals surface area contributed by atoms with Crippen LogP contribution in [0.2, 0.25) is 0 Å². The number of aryl methyl sites for hydroxylation is 2. The van der Waals surface area contributed by atoms with Crippen LogP contribution < -0.4 is 10.6 Å². The minimum absolute atomic E-state index is 0.880. The fraction of sp³-hybridized carbons (Fsp3) is 0.800. The van der Waals surface area contributed by atoms with Gasteiger partial charge in [-0.1, -0.05) is 12.8 Å². The van der Waals surface area contributed by atoms with Gasteiger partial charge in [0.2, 0.25) is 0 Å². The Morgan fingerprint density at radius 3 is 2.46 bits per heavy atom. The lowest BCUT2D eigenvalue weighted by Crippen LogP contribution is -2.38. The van der Waals surface area contributed by atoms with Crippen LogP contribution in [0, 0.1) is 13.8 Å². The summed E-state index contributed by atoms with van der Waals surface area (Å²) in [5.41, 5.74) is 3.73. The Morgan fingerprint density at radius 2 is 1.85 bits per heavy atom. The van der Waals surface area contributed by atoms with Crippen LogP contribution in [0.25, 0.3) is 0 Å². The Balaban J connectivity index is 1.73. The van der Waals surface area contributed by atoms with Crippen LogP contribution in [0.4, 0.5) is 0 Å². The molecule has 0 amide bonds. The molecule has 148 valence electrons. The third kappa shape index (κ3) is 6.63. The molecule has 2 heterocycles. The lowest BCUT2D eigenvalue weighted by molar-refractivity contribution is 0.283. The topological polar surface area (TPSA) is 57.5 Å². The first-order valence-corrected chi connectivity index (χ1v) is 10.4. The van der Waals surface area contributed by atoms with Crippen LogP contribution in [-0.2, 0) is 13.5 Å². The molecular formula is C20H38N6. The molecule has 1 aliphatic heterocycles. The first kappa shape index (κ1) is 20.7. The molecule has 1 saturated heterocycles. The van der Waals surface area contributed by atoms with Crippen molar-refractivity contribution >= 4 is 5.96 Å². The number of aromatic nitrogens is 2. The lowest BCUT2D eigenvalue weighted by Gasteiger charge is -2.19. The van der Waals surface area contributed by atoms with Gasteiger partial charge in [-0.05, 0) is 71.7 Å². The van der Waals surface area contributed by atoms with E-state index in [1.807, 2.05) is 11.7 Å². The molecule has 1 aliphatic rings. The number of hydrogen-bond donors (Lipinski definition) is 2. The third-order valence-electron chi connectivity index (χ3n) is 5.27. The Bertz CT molecular complexity index is 555. The van der Waals surface area contributed by atoms with Crippen molar-refractivity contribution in [1.29, 1.82) is 0 Å². The van der Waals surface area contributed by atoms with Crippen LogP contribution in [0.1, 0.15) is 56.0 Å². The molecular weight excluding hydrogens is 324 g/mol. The second kappa shape index (κ2) is 11.2. The van der Waals surface area contributed by atoms with Crippen molar-refractivity contribution < 1.29 is 0 Å². The van der Waals surface area contributed by atoms with Crippen LogP contribution >= 0.6 is 0 Å². The van der Waals surface area contributed by atoms with Crippen molar-refractivity contribution in [2.75, 3.05) is 39.3 Å². The standard InChI is InChI=1S/C20H38N6/c1-5-21-20(22-12-10-16-26-14-8-6-7-9-15-26)23-13-11-19-17(2)24-25(4)18(19)3/h5-16H2,1-4H3,(H2,21,22,23). The van der Waals surface area contributed by atoms with E-state index in [-0.39, 0.29) is 0 Å². The number of hydrogen-bond acceptors (Lipinski definition) is 3. The molecule has 1 aromatic rings. The largest absolute Gasteiger partial charge is 0.357 e. The molecule has 0 saturated carbocycles. The van der Waals surface area contributed by atoms with E-state index in [0.29, 0.717) is 0 Å². The number of guanidine groups is 1. The van der Waals surface area contributed by atoms with Gasteiger partial charge in [-0.2, -0.15) is 5.10 Å². The number of nitrogens with zero attached hydrogens (tertiary/aromatic N) is 4. The van der Waals surface area contributed by atoms with Gasteiger partial charge in [0.05, 0.1) is 5.69 Å². The fourth-order valence-electron chi connectivity index (χ4n) is 3.67. The zero-order valence-corrected chi connectivity index (χ0v) is 17.3. The van der Waals surface area contributed by atoms with E-state index in [0.717, 1.165) is 44.1 Å². The van der Waals surface area contributed by atoms with Gasteiger partial charge in [-0.3, -0.25) is 9.67 Å². The Labute approximate surface area is 159 Å². The summed E-state index contributed by atoms with van der Waals surface area (Å²) in [4.78, 5) is 7.36. The van der Waals surface area contributed by atoms with E-state index >= 15 is 0 Å². The molecule has 0 atom stereocenters.